The van der Waals surface area contributed by atoms with Gasteiger partial charge in [0.2, 0.25) is 0 Å². The predicted octanol–water partition coefficient (Wildman–Crippen LogP) is 4.18. The van der Waals surface area contributed by atoms with Crippen molar-refractivity contribution in [3.63, 3.8) is 0 Å². The van der Waals surface area contributed by atoms with Gasteiger partial charge >= 0.3 is 0 Å². The first kappa shape index (κ1) is 16.3. The Bertz CT molecular complexity index is 345. The molecule has 0 unspecified atom stereocenters. The van der Waals surface area contributed by atoms with Crippen LogP contribution < -0.4 is 5.32 Å². The molecule has 19 heavy (non-hydrogen) atoms. The Balaban J connectivity index is 2.25. The van der Waals surface area contributed by atoms with Crippen molar-refractivity contribution >= 4 is 0 Å². The standard InChI is InChI=1S/C16H29NO2/c1-5-6-7-8-9-18-12-15-10-16(19-14(15)4)11-17-13(2)3/h10,13,17H,5-9,11-12H2,1-4H3. The average molecular weight is 267 g/mol. The molecule has 0 amide bonds. The van der Waals surface area contributed by atoms with Crippen molar-refractivity contribution in [1.29, 1.82) is 0 Å². The molecule has 0 bridgehead atoms. The van der Waals surface area contributed by atoms with Crippen LogP contribution in [0, 0.1) is 6.92 Å². The minimum Gasteiger partial charge on any atom is -0.465 e. The lowest BCUT2D eigenvalue weighted by Crippen LogP contribution is -2.21. The molecule has 0 spiro atoms. The van der Waals surface area contributed by atoms with Crippen molar-refractivity contribution in [3.8, 4) is 0 Å². The summed E-state index contributed by atoms with van der Waals surface area (Å²) in [5, 5.41) is 3.36. The van der Waals surface area contributed by atoms with Crippen molar-refractivity contribution in [3.05, 3.63) is 23.2 Å². The molecule has 1 aromatic rings. The fraction of sp³-hybridized carbons (Fsp3) is 0.750. The van der Waals surface area contributed by atoms with Crippen LogP contribution in [0.1, 0.15) is 63.5 Å². The van der Waals surface area contributed by atoms with E-state index in [1.807, 2.05) is 6.92 Å². The Morgan fingerprint density at radius 2 is 2.05 bits per heavy atom. The molecule has 110 valence electrons. The maximum Gasteiger partial charge on any atom is 0.118 e. The summed E-state index contributed by atoms with van der Waals surface area (Å²) in [6.07, 6.45) is 5.00. The predicted molar refractivity (Wildman–Crippen MR) is 79.2 cm³/mol. The Kier molecular flexibility index (Phi) is 7.84. The third-order valence-corrected chi connectivity index (χ3v) is 3.16. The van der Waals surface area contributed by atoms with E-state index in [0.29, 0.717) is 12.6 Å². The summed E-state index contributed by atoms with van der Waals surface area (Å²) in [7, 11) is 0. The number of aryl methyl sites for hydroxylation is 1. The quantitative estimate of drug-likeness (QED) is 0.646. The molecular weight excluding hydrogens is 238 g/mol. The topological polar surface area (TPSA) is 34.4 Å². The van der Waals surface area contributed by atoms with Gasteiger partial charge in [-0.15, -0.1) is 0 Å². The fourth-order valence-corrected chi connectivity index (χ4v) is 1.94. The highest BCUT2D eigenvalue weighted by Crippen LogP contribution is 2.16. The molecule has 1 heterocycles. The second-order valence-corrected chi connectivity index (χ2v) is 5.44. The van der Waals surface area contributed by atoms with Gasteiger partial charge < -0.3 is 14.5 Å². The lowest BCUT2D eigenvalue weighted by atomic mass is 10.2. The molecule has 0 aliphatic carbocycles. The second kappa shape index (κ2) is 9.16. The van der Waals surface area contributed by atoms with Crippen LogP contribution in [0.2, 0.25) is 0 Å². The van der Waals surface area contributed by atoms with Crippen LogP contribution in [0.25, 0.3) is 0 Å². The summed E-state index contributed by atoms with van der Waals surface area (Å²) in [6, 6.07) is 2.58. The van der Waals surface area contributed by atoms with Gasteiger partial charge in [-0.25, -0.2) is 0 Å². The van der Waals surface area contributed by atoms with E-state index < -0.39 is 0 Å². The van der Waals surface area contributed by atoms with E-state index in [1.54, 1.807) is 0 Å². The van der Waals surface area contributed by atoms with Gasteiger partial charge in [-0.05, 0) is 19.4 Å². The van der Waals surface area contributed by atoms with Crippen LogP contribution in [-0.4, -0.2) is 12.6 Å². The highest BCUT2D eigenvalue weighted by Gasteiger charge is 2.07. The van der Waals surface area contributed by atoms with Crippen LogP contribution in [0.15, 0.2) is 10.5 Å². The number of hydrogen-bond donors (Lipinski definition) is 1. The Morgan fingerprint density at radius 3 is 2.74 bits per heavy atom. The molecule has 0 aliphatic rings. The summed E-state index contributed by atoms with van der Waals surface area (Å²) in [4.78, 5) is 0. The number of furan rings is 1. The molecular formula is C16H29NO2. The van der Waals surface area contributed by atoms with Crippen molar-refractivity contribution in [1.82, 2.24) is 5.32 Å². The van der Waals surface area contributed by atoms with Crippen LogP contribution in [0.4, 0.5) is 0 Å². The maximum atomic E-state index is 5.72. The lowest BCUT2D eigenvalue weighted by Gasteiger charge is -2.04. The molecule has 0 radical (unpaired) electrons. The first-order valence-corrected chi connectivity index (χ1v) is 7.52. The van der Waals surface area contributed by atoms with Gasteiger partial charge in [0, 0.05) is 18.2 Å². The van der Waals surface area contributed by atoms with Crippen molar-refractivity contribution < 1.29 is 9.15 Å². The fourth-order valence-electron chi connectivity index (χ4n) is 1.94. The van der Waals surface area contributed by atoms with Crippen molar-refractivity contribution in [2.45, 2.75) is 72.6 Å². The number of ether oxygens (including phenoxy) is 1. The Hall–Kier alpha value is -0.800. The highest BCUT2D eigenvalue weighted by atomic mass is 16.5. The first-order valence-electron chi connectivity index (χ1n) is 7.52. The van der Waals surface area contributed by atoms with Gasteiger partial charge in [0.05, 0.1) is 13.2 Å². The molecule has 1 rings (SSSR count). The van der Waals surface area contributed by atoms with Crippen LogP contribution in [0.3, 0.4) is 0 Å². The van der Waals surface area contributed by atoms with E-state index in [9.17, 15) is 0 Å². The third-order valence-electron chi connectivity index (χ3n) is 3.16. The van der Waals surface area contributed by atoms with E-state index in [0.717, 1.165) is 31.1 Å². The molecule has 1 N–H and O–H groups in total. The summed E-state index contributed by atoms with van der Waals surface area (Å²) in [5.41, 5.74) is 1.18. The highest BCUT2D eigenvalue weighted by molar-refractivity contribution is 5.19. The second-order valence-electron chi connectivity index (χ2n) is 5.44. The molecule has 1 aromatic heterocycles. The summed E-state index contributed by atoms with van der Waals surface area (Å²) in [5.74, 6) is 1.98. The normalized spacial score (nSPS) is 11.4. The molecule has 0 saturated carbocycles. The smallest absolute Gasteiger partial charge is 0.118 e. The zero-order chi connectivity index (χ0) is 14.1. The van der Waals surface area contributed by atoms with Gasteiger partial charge in [-0.3, -0.25) is 0 Å². The van der Waals surface area contributed by atoms with Gasteiger partial charge in [0.1, 0.15) is 11.5 Å². The molecule has 0 saturated heterocycles. The zero-order valence-corrected chi connectivity index (χ0v) is 12.9. The van der Waals surface area contributed by atoms with Crippen LogP contribution in [0.5, 0.6) is 0 Å². The molecule has 3 nitrogen and oxygen atoms in total. The molecule has 0 aliphatic heterocycles. The van der Waals surface area contributed by atoms with Gasteiger partial charge in [0.25, 0.3) is 0 Å². The lowest BCUT2D eigenvalue weighted by molar-refractivity contribution is 0.116. The van der Waals surface area contributed by atoms with Crippen molar-refractivity contribution in [2.24, 2.45) is 0 Å². The largest absolute Gasteiger partial charge is 0.465 e. The number of rotatable bonds is 10. The molecule has 0 atom stereocenters. The minimum atomic E-state index is 0.476. The monoisotopic (exact) mass is 267 g/mol. The summed E-state index contributed by atoms with van der Waals surface area (Å²) >= 11 is 0. The zero-order valence-electron chi connectivity index (χ0n) is 12.9. The van der Waals surface area contributed by atoms with Gasteiger partial charge in [-0.1, -0.05) is 40.0 Å². The number of hydrogen-bond acceptors (Lipinski definition) is 3. The third kappa shape index (κ3) is 6.79. The number of nitrogens with one attached hydrogen (secondary N) is 1. The average Bonchev–Trinajstić information content (AvgIpc) is 2.72. The van der Waals surface area contributed by atoms with Gasteiger partial charge in [0.15, 0.2) is 0 Å². The van der Waals surface area contributed by atoms with E-state index >= 15 is 0 Å². The molecule has 0 fully saturated rings. The maximum absolute atomic E-state index is 5.72. The van der Waals surface area contributed by atoms with E-state index in [4.69, 9.17) is 9.15 Å². The summed E-state index contributed by atoms with van der Waals surface area (Å²) < 4.78 is 11.4. The van der Waals surface area contributed by atoms with Gasteiger partial charge in [-0.2, -0.15) is 0 Å². The van der Waals surface area contributed by atoms with E-state index in [2.05, 4.69) is 32.2 Å². The van der Waals surface area contributed by atoms with E-state index in [1.165, 1.54) is 24.8 Å². The summed E-state index contributed by atoms with van der Waals surface area (Å²) in [6.45, 7) is 10.8. The molecule has 0 aromatic carbocycles. The minimum absolute atomic E-state index is 0.476. The number of unbranched alkanes of at least 4 members (excludes halogenated alkanes) is 3. The van der Waals surface area contributed by atoms with E-state index in [-0.39, 0.29) is 0 Å². The SMILES string of the molecule is CCCCCCOCc1cc(CNC(C)C)oc1C. The van der Waals surface area contributed by atoms with Crippen molar-refractivity contribution in [2.75, 3.05) is 6.61 Å². The Labute approximate surface area is 117 Å². The van der Waals surface area contributed by atoms with Crippen LogP contribution in [-0.2, 0) is 17.9 Å². The molecule has 3 heteroatoms. The first-order chi connectivity index (χ1) is 9.13. The van der Waals surface area contributed by atoms with Crippen LogP contribution >= 0.6 is 0 Å². The Morgan fingerprint density at radius 1 is 1.26 bits per heavy atom.